The second kappa shape index (κ2) is 13.9. The summed E-state index contributed by atoms with van der Waals surface area (Å²) >= 11 is 0. The van der Waals surface area contributed by atoms with E-state index in [9.17, 15) is 26.4 Å². The lowest BCUT2D eigenvalue weighted by molar-refractivity contribution is -0.138. The minimum Gasteiger partial charge on any atom is -0.481 e. The summed E-state index contributed by atoms with van der Waals surface area (Å²) in [6.45, 7) is 0.395. The van der Waals surface area contributed by atoms with Crippen LogP contribution in [-0.2, 0) is 29.6 Å². The number of nitrogens with one attached hydrogen (secondary N) is 2. The highest BCUT2D eigenvalue weighted by atomic mass is 32.2. The van der Waals surface area contributed by atoms with Crippen molar-refractivity contribution < 1.29 is 36.6 Å². The number of hydrogen-bond donors (Lipinski definition) is 4. The quantitative estimate of drug-likeness (QED) is 0.228. The molecule has 0 saturated heterocycles. The van der Waals surface area contributed by atoms with Crippen LogP contribution in [-0.4, -0.2) is 63.6 Å². The molecule has 0 bridgehead atoms. The monoisotopic (exact) mass is 430 g/mol. The number of sulfonamides is 2. The van der Waals surface area contributed by atoms with Gasteiger partial charge < -0.3 is 10.2 Å². The average molecular weight is 431 g/mol. The summed E-state index contributed by atoms with van der Waals surface area (Å²) in [4.78, 5) is 20.7. The summed E-state index contributed by atoms with van der Waals surface area (Å²) in [5.74, 6) is -2.38. The predicted molar refractivity (Wildman–Crippen MR) is 100 cm³/mol. The van der Waals surface area contributed by atoms with Crippen molar-refractivity contribution in [2.24, 2.45) is 0 Å². The van der Waals surface area contributed by atoms with Crippen LogP contribution in [0.25, 0.3) is 0 Å². The second-order valence-corrected chi connectivity index (χ2v) is 10.0. The Morgan fingerprint density at radius 2 is 0.963 bits per heavy atom. The summed E-state index contributed by atoms with van der Waals surface area (Å²) in [6, 6.07) is 0. The van der Waals surface area contributed by atoms with Crippen molar-refractivity contribution >= 4 is 32.0 Å². The third-order valence-electron chi connectivity index (χ3n) is 3.60. The van der Waals surface area contributed by atoms with Crippen LogP contribution in [0.15, 0.2) is 0 Å². The Hall–Kier alpha value is -1.24. The van der Waals surface area contributed by atoms with Crippen LogP contribution in [0, 0.1) is 0 Å². The van der Waals surface area contributed by atoms with Gasteiger partial charge >= 0.3 is 11.9 Å². The summed E-state index contributed by atoms with van der Waals surface area (Å²) in [6.07, 6.45) is 3.27. The maximum absolute atomic E-state index is 11.8. The molecule has 0 aliphatic heterocycles. The van der Waals surface area contributed by atoms with Gasteiger partial charge in [-0.15, -0.1) is 0 Å². The molecule has 10 nitrogen and oxygen atoms in total. The molecule has 0 unspecified atom stereocenters. The molecule has 0 saturated carbocycles. The lowest BCUT2D eigenvalue weighted by Crippen LogP contribution is -2.31. The predicted octanol–water partition coefficient (Wildman–Crippen LogP) is 0.505. The van der Waals surface area contributed by atoms with E-state index in [2.05, 4.69) is 9.44 Å². The van der Waals surface area contributed by atoms with E-state index < -0.39 is 32.0 Å². The lowest BCUT2D eigenvalue weighted by atomic mass is 10.2. The molecule has 0 atom stereocenters. The third kappa shape index (κ3) is 17.9. The van der Waals surface area contributed by atoms with Gasteiger partial charge in [-0.05, 0) is 32.1 Å². The summed E-state index contributed by atoms with van der Waals surface area (Å²) in [5, 5.41) is 17.0. The van der Waals surface area contributed by atoms with Gasteiger partial charge in [0.15, 0.2) is 0 Å². The number of aliphatic carboxylic acids is 2. The average Bonchev–Trinajstić information content (AvgIpc) is 2.53. The fraction of sp³-hybridized carbons (Fsp3) is 0.867. The number of hydrogen-bond acceptors (Lipinski definition) is 6. The van der Waals surface area contributed by atoms with Crippen molar-refractivity contribution in [3.63, 3.8) is 0 Å². The van der Waals surface area contributed by atoms with E-state index in [1.807, 2.05) is 0 Å². The molecular weight excluding hydrogens is 400 g/mol. The minimum atomic E-state index is -3.56. The normalized spacial score (nSPS) is 12.1. The van der Waals surface area contributed by atoms with Crippen LogP contribution in [0.4, 0.5) is 0 Å². The number of unbranched alkanes of at least 4 members (excludes halogenated alkanes) is 4. The van der Waals surface area contributed by atoms with Crippen LogP contribution < -0.4 is 9.44 Å². The van der Waals surface area contributed by atoms with Crippen molar-refractivity contribution in [3.05, 3.63) is 0 Å². The van der Waals surface area contributed by atoms with Gasteiger partial charge in [0.25, 0.3) is 0 Å². The zero-order valence-electron chi connectivity index (χ0n) is 15.4. The van der Waals surface area contributed by atoms with E-state index >= 15 is 0 Å². The van der Waals surface area contributed by atoms with Crippen LogP contribution in [0.5, 0.6) is 0 Å². The van der Waals surface area contributed by atoms with Gasteiger partial charge in [0.2, 0.25) is 20.0 Å². The van der Waals surface area contributed by atoms with Crippen molar-refractivity contribution in [1.82, 2.24) is 9.44 Å². The summed E-state index contributed by atoms with van der Waals surface area (Å²) < 4.78 is 51.8. The van der Waals surface area contributed by atoms with E-state index in [0.29, 0.717) is 38.5 Å². The molecule has 4 N–H and O–H groups in total. The van der Waals surface area contributed by atoms with Crippen molar-refractivity contribution in [2.75, 3.05) is 24.6 Å². The standard InChI is InChI=1S/C15H30N2O8S2/c18-14(19)8-3-1-5-10-16-26(22,23)12-7-13-27(24,25)17-11-6-2-4-9-15(20)21/h16-17H,1-13H2,(H,18,19)(H,20,21). The fourth-order valence-electron chi connectivity index (χ4n) is 2.19. The number of carboxylic acid groups (broad SMARTS) is 2. The van der Waals surface area contributed by atoms with E-state index in [1.165, 1.54) is 0 Å². The zero-order valence-corrected chi connectivity index (χ0v) is 17.0. The van der Waals surface area contributed by atoms with Crippen molar-refractivity contribution in [1.29, 1.82) is 0 Å². The molecule has 0 aromatic rings. The molecule has 12 heteroatoms. The van der Waals surface area contributed by atoms with Crippen LogP contribution in [0.1, 0.15) is 57.8 Å². The van der Waals surface area contributed by atoms with Crippen LogP contribution >= 0.6 is 0 Å². The first-order valence-electron chi connectivity index (χ1n) is 8.92. The SMILES string of the molecule is O=C(O)CCCCCNS(=O)(=O)CCCS(=O)(=O)NCCCCCC(=O)O. The molecule has 0 fully saturated rings. The summed E-state index contributed by atoms with van der Waals surface area (Å²) in [7, 11) is -7.12. The topological polar surface area (TPSA) is 167 Å². The molecule has 0 radical (unpaired) electrons. The minimum absolute atomic E-state index is 0.0390. The summed E-state index contributed by atoms with van der Waals surface area (Å²) in [5.41, 5.74) is 0. The Labute approximate surface area is 160 Å². The Bertz CT molecular complexity index is 591. The van der Waals surface area contributed by atoms with E-state index in [-0.39, 0.29) is 43.9 Å². The first kappa shape index (κ1) is 25.8. The molecule has 0 amide bonds. The molecule has 0 rings (SSSR count). The van der Waals surface area contributed by atoms with Crippen LogP contribution in [0.3, 0.4) is 0 Å². The van der Waals surface area contributed by atoms with Gasteiger partial charge in [0, 0.05) is 25.9 Å². The van der Waals surface area contributed by atoms with Crippen molar-refractivity contribution in [3.8, 4) is 0 Å². The van der Waals surface area contributed by atoms with Gasteiger partial charge in [-0.2, -0.15) is 0 Å². The number of carbonyl (C=O) groups is 2. The Morgan fingerprint density at radius 3 is 1.30 bits per heavy atom. The molecule has 160 valence electrons. The largest absolute Gasteiger partial charge is 0.481 e. The molecule has 0 heterocycles. The van der Waals surface area contributed by atoms with Gasteiger partial charge in [0.05, 0.1) is 11.5 Å². The van der Waals surface area contributed by atoms with Gasteiger partial charge in [-0.25, -0.2) is 26.3 Å². The molecule has 0 aromatic carbocycles. The van der Waals surface area contributed by atoms with Gasteiger partial charge in [-0.3, -0.25) is 9.59 Å². The van der Waals surface area contributed by atoms with Gasteiger partial charge in [0.1, 0.15) is 0 Å². The Kier molecular flexibility index (Phi) is 13.2. The number of carboxylic acids is 2. The molecule has 27 heavy (non-hydrogen) atoms. The molecule has 0 aromatic heterocycles. The fourth-order valence-corrected chi connectivity index (χ4v) is 4.63. The lowest BCUT2D eigenvalue weighted by Gasteiger charge is -2.08. The second-order valence-electron chi connectivity index (χ2n) is 6.19. The van der Waals surface area contributed by atoms with Crippen molar-refractivity contribution in [2.45, 2.75) is 57.8 Å². The zero-order chi connectivity index (χ0) is 20.8. The highest BCUT2D eigenvalue weighted by molar-refractivity contribution is 7.90. The maximum atomic E-state index is 11.8. The third-order valence-corrected chi connectivity index (χ3v) is 6.55. The highest BCUT2D eigenvalue weighted by Crippen LogP contribution is 2.01. The molecular formula is C15H30N2O8S2. The molecule has 0 aliphatic carbocycles. The maximum Gasteiger partial charge on any atom is 0.303 e. The number of rotatable bonds is 18. The molecule has 0 spiro atoms. The Morgan fingerprint density at radius 1 is 0.593 bits per heavy atom. The first-order chi connectivity index (χ1) is 12.5. The Balaban J connectivity index is 3.84. The van der Waals surface area contributed by atoms with Crippen LogP contribution in [0.2, 0.25) is 0 Å². The first-order valence-corrected chi connectivity index (χ1v) is 12.2. The smallest absolute Gasteiger partial charge is 0.303 e. The van der Waals surface area contributed by atoms with E-state index in [1.54, 1.807) is 0 Å². The van der Waals surface area contributed by atoms with Gasteiger partial charge in [-0.1, -0.05) is 12.8 Å². The molecule has 0 aliphatic rings. The highest BCUT2D eigenvalue weighted by Gasteiger charge is 2.14. The van der Waals surface area contributed by atoms with E-state index in [4.69, 9.17) is 10.2 Å². The van der Waals surface area contributed by atoms with E-state index in [0.717, 1.165) is 0 Å².